The first-order chi connectivity index (χ1) is 13.1. The SMILES string of the molecule is COc1cccc(C[C@H](NC(=O)[C@H](O)c2ccc(C(F)(F)F)cc2)C(N)=O)c1. The van der Waals surface area contributed by atoms with E-state index in [2.05, 4.69) is 5.32 Å². The molecule has 0 aliphatic heterocycles. The van der Waals surface area contributed by atoms with Crippen LogP contribution in [-0.4, -0.2) is 30.1 Å². The molecule has 0 aromatic heterocycles. The highest BCUT2D eigenvalue weighted by Gasteiger charge is 2.31. The molecule has 0 heterocycles. The van der Waals surface area contributed by atoms with Crippen LogP contribution in [0.1, 0.15) is 22.8 Å². The van der Waals surface area contributed by atoms with Gasteiger partial charge >= 0.3 is 6.18 Å². The first-order valence-corrected chi connectivity index (χ1v) is 8.19. The molecule has 2 amide bonds. The lowest BCUT2D eigenvalue weighted by Gasteiger charge is -2.19. The molecule has 0 radical (unpaired) electrons. The van der Waals surface area contributed by atoms with E-state index in [1.807, 2.05) is 0 Å². The molecule has 0 saturated carbocycles. The Morgan fingerprint density at radius 2 is 1.82 bits per heavy atom. The predicted molar refractivity (Wildman–Crippen MR) is 94.2 cm³/mol. The maximum Gasteiger partial charge on any atom is 0.416 e. The summed E-state index contributed by atoms with van der Waals surface area (Å²) in [4.78, 5) is 23.9. The molecule has 0 saturated heterocycles. The number of aliphatic hydroxyl groups excluding tert-OH is 1. The van der Waals surface area contributed by atoms with Crippen molar-refractivity contribution in [3.8, 4) is 5.75 Å². The fourth-order valence-electron chi connectivity index (χ4n) is 2.51. The third-order valence-corrected chi connectivity index (χ3v) is 4.04. The molecule has 6 nitrogen and oxygen atoms in total. The first-order valence-electron chi connectivity index (χ1n) is 8.19. The number of primary amides is 1. The second-order valence-electron chi connectivity index (χ2n) is 6.04. The lowest BCUT2D eigenvalue weighted by Crippen LogP contribution is -2.47. The fourth-order valence-corrected chi connectivity index (χ4v) is 2.51. The van der Waals surface area contributed by atoms with Crippen LogP contribution in [0, 0.1) is 0 Å². The molecular weight excluding hydrogens is 377 g/mol. The number of methoxy groups -OCH3 is 1. The average Bonchev–Trinajstić information content (AvgIpc) is 2.66. The van der Waals surface area contributed by atoms with Crippen LogP contribution >= 0.6 is 0 Å². The molecule has 150 valence electrons. The Morgan fingerprint density at radius 1 is 1.18 bits per heavy atom. The van der Waals surface area contributed by atoms with Crippen LogP contribution in [0.3, 0.4) is 0 Å². The van der Waals surface area contributed by atoms with Crippen LogP contribution in [0.15, 0.2) is 48.5 Å². The van der Waals surface area contributed by atoms with Crippen molar-refractivity contribution in [2.45, 2.75) is 24.7 Å². The number of amides is 2. The minimum Gasteiger partial charge on any atom is -0.497 e. The van der Waals surface area contributed by atoms with Crippen molar-refractivity contribution in [1.29, 1.82) is 0 Å². The van der Waals surface area contributed by atoms with Crippen LogP contribution < -0.4 is 15.8 Å². The van der Waals surface area contributed by atoms with Crippen molar-refractivity contribution in [1.82, 2.24) is 5.32 Å². The zero-order valence-electron chi connectivity index (χ0n) is 14.9. The van der Waals surface area contributed by atoms with E-state index in [1.165, 1.54) is 7.11 Å². The van der Waals surface area contributed by atoms with Crippen molar-refractivity contribution in [3.05, 3.63) is 65.2 Å². The molecule has 4 N–H and O–H groups in total. The summed E-state index contributed by atoms with van der Waals surface area (Å²) < 4.78 is 42.9. The number of ether oxygens (including phenoxy) is 1. The third kappa shape index (κ3) is 5.46. The number of halogens is 3. The minimum absolute atomic E-state index is 0.0462. The van der Waals surface area contributed by atoms with Crippen LogP contribution in [0.4, 0.5) is 13.2 Å². The Bertz CT molecular complexity index is 838. The number of hydrogen-bond acceptors (Lipinski definition) is 4. The molecule has 2 aromatic rings. The van der Waals surface area contributed by atoms with Gasteiger partial charge in [-0.3, -0.25) is 9.59 Å². The van der Waals surface area contributed by atoms with Crippen molar-refractivity contribution >= 4 is 11.8 Å². The minimum atomic E-state index is -4.53. The van der Waals surface area contributed by atoms with Gasteiger partial charge in [0.2, 0.25) is 5.91 Å². The van der Waals surface area contributed by atoms with Gasteiger partial charge in [-0.2, -0.15) is 13.2 Å². The Kier molecular flexibility index (Phi) is 6.63. The molecule has 9 heteroatoms. The van der Waals surface area contributed by atoms with E-state index >= 15 is 0 Å². The highest BCUT2D eigenvalue weighted by atomic mass is 19.4. The second-order valence-corrected chi connectivity index (χ2v) is 6.04. The molecule has 0 fully saturated rings. The standard InChI is InChI=1S/C19H19F3N2O4/c1-28-14-4-2-3-11(9-14)10-15(17(23)26)24-18(27)16(25)12-5-7-13(8-6-12)19(20,21)22/h2-9,15-16,25H,10H2,1H3,(H2,23,26)(H,24,27)/t15-,16+/m0/s1. The molecule has 0 spiro atoms. The first kappa shape index (κ1) is 21.2. The predicted octanol–water partition coefficient (Wildman–Crippen LogP) is 1.96. The Hall–Kier alpha value is -3.07. The molecule has 2 rings (SSSR count). The summed E-state index contributed by atoms with van der Waals surface area (Å²) in [5, 5.41) is 12.4. The van der Waals surface area contributed by atoms with Gasteiger partial charge in [0.05, 0.1) is 12.7 Å². The fraction of sp³-hybridized carbons (Fsp3) is 0.263. The van der Waals surface area contributed by atoms with E-state index < -0.39 is 35.7 Å². The summed E-state index contributed by atoms with van der Waals surface area (Å²) in [7, 11) is 1.48. The number of alkyl halides is 3. The van der Waals surface area contributed by atoms with Crippen molar-refractivity contribution in [3.63, 3.8) is 0 Å². The molecule has 0 unspecified atom stereocenters. The largest absolute Gasteiger partial charge is 0.497 e. The van der Waals surface area contributed by atoms with Gasteiger partial charge in [0.1, 0.15) is 11.8 Å². The normalized spacial score (nSPS) is 13.5. The van der Waals surface area contributed by atoms with E-state index in [9.17, 15) is 27.9 Å². The molecule has 2 aromatic carbocycles. The van der Waals surface area contributed by atoms with Gasteiger partial charge < -0.3 is 20.9 Å². The average molecular weight is 396 g/mol. The summed E-state index contributed by atoms with van der Waals surface area (Å²) in [6, 6.07) is 9.15. The van der Waals surface area contributed by atoms with E-state index in [0.717, 1.165) is 24.3 Å². The second kappa shape index (κ2) is 8.75. The molecule has 0 bridgehead atoms. The topological polar surface area (TPSA) is 102 Å². The summed E-state index contributed by atoms with van der Waals surface area (Å²) in [5.74, 6) is -1.22. The molecule has 0 aliphatic rings. The summed E-state index contributed by atoms with van der Waals surface area (Å²) in [5.41, 5.74) is 5.03. The maximum atomic E-state index is 12.6. The number of rotatable bonds is 7. The van der Waals surface area contributed by atoms with Gasteiger partial charge in [0.25, 0.3) is 5.91 Å². The number of aliphatic hydroxyl groups is 1. The van der Waals surface area contributed by atoms with E-state index in [4.69, 9.17) is 10.5 Å². The highest BCUT2D eigenvalue weighted by Crippen LogP contribution is 2.30. The Labute approximate surface area is 159 Å². The maximum absolute atomic E-state index is 12.6. The van der Waals surface area contributed by atoms with Crippen LogP contribution in [-0.2, 0) is 22.2 Å². The van der Waals surface area contributed by atoms with Gasteiger partial charge in [0.15, 0.2) is 6.10 Å². The van der Waals surface area contributed by atoms with E-state index in [1.54, 1.807) is 24.3 Å². The number of nitrogens with two attached hydrogens (primary N) is 1. The lowest BCUT2D eigenvalue weighted by molar-refractivity contribution is -0.137. The zero-order chi connectivity index (χ0) is 20.9. The van der Waals surface area contributed by atoms with Gasteiger partial charge in [-0.25, -0.2) is 0 Å². The number of hydrogen-bond donors (Lipinski definition) is 3. The van der Waals surface area contributed by atoms with E-state index in [-0.39, 0.29) is 12.0 Å². The number of nitrogens with one attached hydrogen (secondary N) is 1. The van der Waals surface area contributed by atoms with Crippen LogP contribution in [0.5, 0.6) is 5.75 Å². The molecule has 0 aliphatic carbocycles. The third-order valence-electron chi connectivity index (χ3n) is 4.04. The van der Waals surface area contributed by atoms with Gasteiger partial charge in [-0.05, 0) is 35.4 Å². The smallest absolute Gasteiger partial charge is 0.416 e. The number of carbonyl (C=O) groups is 2. The van der Waals surface area contributed by atoms with Crippen LogP contribution in [0.25, 0.3) is 0 Å². The Morgan fingerprint density at radius 3 is 2.36 bits per heavy atom. The molecular formula is C19H19F3N2O4. The summed E-state index contributed by atoms with van der Waals surface area (Å²) in [6.07, 6.45) is -6.23. The highest BCUT2D eigenvalue weighted by molar-refractivity contribution is 5.89. The van der Waals surface area contributed by atoms with Gasteiger partial charge in [-0.15, -0.1) is 0 Å². The van der Waals surface area contributed by atoms with E-state index in [0.29, 0.717) is 11.3 Å². The number of benzene rings is 2. The zero-order valence-corrected chi connectivity index (χ0v) is 14.9. The van der Waals surface area contributed by atoms with Crippen molar-refractivity contribution in [2.75, 3.05) is 7.11 Å². The summed E-state index contributed by atoms with van der Waals surface area (Å²) >= 11 is 0. The van der Waals surface area contributed by atoms with Crippen molar-refractivity contribution in [2.24, 2.45) is 5.73 Å². The number of carbonyl (C=O) groups excluding carboxylic acids is 2. The quantitative estimate of drug-likeness (QED) is 0.666. The van der Waals surface area contributed by atoms with Crippen LogP contribution in [0.2, 0.25) is 0 Å². The monoisotopic (exact) mass is 396 g/mol. The Balaban J connectivity index is 2.09. The van der Waals surface area contributed by atoms with Gasteiger partial charge in [0, 0.05) is 6.42 Å². The lowest BCUT2D eigenvalue weighted by atomic mass is 10.0. The summed E-state index contributed by atoms with van der Waals surface area (Å²) in [6.45, 7) is 0. The van der Waals surface area contributed by atoms with Crippen molar-refractivity contribution < 1.29 is 32.6 Å². The molecule has 2 atom stereocenters. The molecule has 28 heavy (non-hydrogen) atoms. The van der Waals surface area contributed by atoms with Gasteiger partial charge in [-0.1, -0.05) is 24.3 Å².